The summed E-state index contributed by atoms with van der Waals surface area (Å²) in [7, 11) is 0. The lowest BCUT2D eigenvalue weighted by atomic mass is 9.94. The van der Waals surface area contributed by atoms with Gasteiger partial charge in [0.2, 0.25) is 29.5 Å². The molecule has 88 heavy (non-hydrogen) atoms. The van der Waals surface area contributed by atoms with Crippen LogP contribution in [0.25, 0.3) is 0 Å². The Hall–Kier alpha value is -5.81. The molecule has 0 aromatic heterocycles. The van der Waals surface area contributed by atoms with Gasteiger partial charge in [-0.1, -0.05) is 96.8 Å². The Kier molecular flexibility index (Phi) is 51.6. The number of ketones is 2. The minimum Gasteiger partial charge on any atom is -0.481 e. The van der Waals surface area contributed by atoms with Crippen LogP contribution in [-0.4, -0.2) is 204 Å². The standard InChI is InChI=1S/C60H103N5O22S/c1-2-44(50(68)38-46(39-66)58(78)79)42-88-43-55(73)61-28-20-19-21-48(59(80)81)65-54(72)41-87-36-34-85-32-30-63-53(71)40-86-35-33-84-31-29-62-51(69)27-24-45(57(76)77)37-47(67)25-26-49(60(82)83)64-52(70)22-17-15-13-11-9-7-5-3-4-6-8-10-12-14-16-18-23-56(74)75/h44-46,48-49,66H,2-43H2,1H3,(H,61,73)(H,62,69)(H,63,71)(H,64,70)(H,65,72)(H,74,75)(H,76,77)(H,78,79)(H,80,81)(H,82,83)/t44-,45+,46-,48+,49+/m0/s1. The molecule has 0 saturated heterocycles. The van der Waals surface area contributed by atoms with Crippen LogP contribution in [0.2, 0.25) is 0 Å². The average Bonchev–Trinajstić information content (AvgIpc) is 3.54. The number of nitrogens with one attached hydrogen (secondary N) is 5. The van der Waals surface area contributed by atoms with Gasteiger partial charge in [0.05, 0.1) is 63.8 Å². The summed E-state index contributed by atoms with van der Waals surface area (Å²) in [5.74, 6) is -11.2. The van der Waals surface area contributed by atoms with Crippen LogP contribution in [-0.2, 0) is 76.5 Å². The summed E-state index contributed by atoms with van der Waals surface area (Å²) in [4.78, 5) is 144. The molecule has 0 heterocycles. The number of ether oxygens (including phenoxy) is 4. The molecule has 0 aliphatic heterocycles. The smallest absolute Gasteiger partial charge is 0.326 e. The largest absolute Gasteiger partial charge is 0.481 e. The Balaban J connectivity index is 4.02. The Morgan fingerprint density at radius 3 is 1.36 bits per heavy atom. The zero-order valence-electron chi connectivity index (χ0n) is 51.7. The topological polar surface area (TPSA) is 423 Å². The first-order valence-electron chi connectivity index (χ1n) is 31.3. The Morgan fingerprint density at radius 1 is 0.398 bits per heavy atom. The average molecular weight is 1280 g/mol. The van der Waals surface area contributed by atoms with Gasteiger partial charge in [-0.3, -0.25) is 47.9 Å². The summed E-state index contributed by atoms with van der Waals surface area (Å²) < 4.78 is 21.3. The van der Waals surface area contributed by atoms with Crippen molar-refractivity contribution in [1.82, 2.24) is 26.6 Å². The molecule has 506 valence electrons. The number of carbonyl (C=O) groups is 12. The number of aliphatic carboxylic acids is 5. The second-order valence-corrected chi connectivity index (χ2v) is 22.7. The number of thioether (sulfide) groups is 1. The van der Waals surface area contributed by atoms with Crippen molar-refractivity contribution >= 4 is 82.7 Å². The van der Waals surface area contributed by atoms with Crippen molar-refractivity contribution in [3.05, 3.63) is 0 Å². The number of carboxylic acids is 5. The van der Waals surface area contributed by atoms with E-state index in [9.17, 15) is 78.0 Å². The van der Waals surface area contributed by atoms with Gasteiger partial charge in [0, 0.05) is 69.8 Å². The van der Waals surface area contributed by atoms with Gasteiger partial charge in [0.1, 0.15) is 36.9 Å². The molecule has 0 aromatic rings. The molecule has 0 aliphatic carbocycles. The van der Waals surface area contributed by atoms with Crippen molar-refractivity contribution in [2.75, 3.05) is 90.6 Å². The summed E-state index contributed by atoms with van der Waals surface area (Å²) >= 11 is 1.23. The number of hydrogen-bond donors (Lipinski definition) is 11. The highest BCUT2D eigenvalue weighted by Crippen LogP contribution is 2.19. The fourth-order valence-electron chi connectivity index (χ4n) is 8.91. The number of Topliss-reactive ketones (excluding diaryl/α,β-unsaturated/α-hetero) is 2. The number of hydrogen-bond acceptors (Lipinski definition) is 18. The number of amides is 5. The molecule has 5 atom stereocenters. The fraction of sp³-hybridized carbons (Fsp3) is 0.800. The highest BCUT2D eigenvalue weighted by atomic mass is 32.2. The molecular weight excluding hydrogens is 1170 g/mol. The molecule has 0 bridgehead atoms. The van der Waals surface area contributed by atoms with Crippen LogP contribution in [0, 0.1) is 17.8 Å². The normalized spacial score (nSPS) is 12.8. The summed E-state index contributed by atoms with van der Waals surface area (Å²) in [6.07, 6.45) is 17.5. The van der Waals surface area contributed by atoms with Gasteiger partial charge in [-0.25, -0.2) is 9.59 Å². The SMILES string of the molecule is CC[C@@H](CSCC(=O)NCCCC[C@@H](NC(=O)COCCOCCNC(=O)COCCOCCNC(=O)CC[C@H](CC(=O)CC[C@@H](NC(=O)CCCCCCCCCCCCCCCCCCC(=O)O)C(=O)O)C(=O)O)C(=O)O)C(=O)C[C@@H](CO)C(=O)O. The number of rotatable bonds is 63. The lowest BCUT2D eigenvalue weighted by Gasteiger charge is -2.16. The molecule has 5 amide bonds. The van der Waals surface area contributed by atoms with Gasteiger partial charge < -0.3 is 76.2 Å². The Labute approximate surface area is 521 Å². The van der Waals surface area contributed by atoms with Crippen molar-refractivity contribution in [1.29, 1.82) is 0 Å². The van der Waals surface area contributed by atoms with Crippen molar-refractivity contribution in [2.45, 2.75) is 199 Å². The molecule has 0 aromatic carbocycles. The van der Waals surface area contributed by atoms with Crippen LogP contribution >= 0.6 is 11.8 Å². The third-order valence-electron chi connectivity index (χ3n) is 14.2. The molecule has 0 fully saturated rings. The first-order valence-corrected chi connectivity index (χ1v) is 32.4. The van der Waals surface area contributed by atoms with Gasteiger partial charge in [-0.2, -0.15) is 11.8 Å². The third kappa shape index (κ3) is 49.1. The predicted octanol–water partition coefficient (Wildman–Crippen LogP) is 4.45. The first-order chi connectivity index (χ1) is 42.2. The Bertz CT molecular complexity index is 2040. The van der Waals surface area contributed by atoms with E-state index in [1.165, 1.54) is 63.1 Å². The van der Waals surface area contributed by atoms with Crippen molar-refractivity contribution < 1.29 is 107 Å². The van der Waals surface area contributed by atoms with Crippen molar-refractivity contribution in [3.63, 3.8) is 0 Å². The van der Waals surface area contributed by atoms with E-state index in [-0.39, 0.29) is 135 Å². The van der Waals surface area contributed by atoms with E-state index in [0.717, 1.165) is 44.9 Å². The zero-order chi connectivity index (χ0) is 65.6. The lowest BCUT2D eigenvalue weighted by molar-refractivity contribution is -0.145. The molecule has 0 aliphatic rings. The number of aliphatic hydroxyl groups excluding tert-OH is 1. The number of carbonyl (C=O) groups excluding carboxylic acids is 7. The minimum absolute atomic E-state index is 0.0142. The molecule has 27 nitrogen and oxygen atoms in total. The summed E-state index contributed by atoms with van der Waals surface area (Å²) in [6.45, 7) is 1.48. The molecule has 0 saturated carbocycles. The maximum absolute atomic E-state index is 12.7. The van der Waals surface area contributed by atoms with E-state index in [0.29, 0.717) is 31.4 Å². The van der Waals surface area contributed by atoms with Crippen LogP contribution < -0.4 is 26.6 Å². The van der Waals surface area contributed by atoms with Gasteiger partial charge in [-0.05, 0) is 51.4 Å². The quantitative estimate of drug-likeness (QED) is 0.0375. The van der Waals surface area contributed by atoms with Crippen molar-refractivity contribution in [3.8, 4) is 0 Å². The van der Waals surface area contributed by atoms with Crippen LogP contribution in [0.5, 0.6) is 0 Å². The van der Waals surface area contributed by atoms with Gasteiger partial charge >= 0.3 is 29.8 Å². The van der Waals surface area contributed by atoms with E-state index in [4.69, 9.17) is 29.2 Å². The molecule has 0 radical (unpaired) electrons. The minimum atomic E-state index is -1.30. The first kappa shape index (κ1) is 82.2. The predicted molar refractivity (Wildman–Crippen MR) is 324 cm³/mol. The van der Waals surface area contributed by atoms with Crippen LogP contribution in [0.3, 0.4) is 0 Å². The molecule has 28 heteroatoms. The maximum atomic E-state index is 12.7. The summed E-state index contributed by atoms with van der Waals surface area (Å²) in [5, 5.41) is 68.6. The monoisotopic (exact) mass is 1280 g/mol. The van der Waals surface area contributed by atoms with Gasteiger partial charge in [0.25, 0.3) is 0 Å². The van der Waals surface area contributed by atoms with E-state index in [1.54, 1.807) is 6.92 Å². The van der Waals surface area contributed by atoms with E-state index in [1.807, 2.05) is 0 Å². The molecule has 0 rings (SSSR count). The van der Waals surface area contributed by atoms with E-state index < -0.39 is 109 Å². The highest BCUT2D eigenvalue weighted by Gasteiger charge is 2.27. The maximum Gasteiger partial charge on any atom is 0.326 e. The lowest BCUT2D eigenvalue weighted by Crippen LogP contribution is -2.42. The van der Waals surface area contributed by atoms with E-state index >= 15 is 0 Å². The van der Waals surface area contributed by atoms with Gasteiger partial charge in [-0.15, -0.1) is 0 Å². The summed E-state index contributed by atoms with van der Waals surface area (Å²) in [6, 6.07) is -2.47. The number of unbranched alkanes of at least 4 members (excludes halogenated alkanes) is 16. The van der Waals surface area contributed by atoms with Crippen LogP contribution in [0.4, 0.5) is 0 Å². The fourth-order valence-corrected chi connectivity index (χ4v) is 10.0. The summed E-state index contributed by atoms with van der Waals surface area (Å²) in [5.41, 5.74) is 0. The molecule has 0 spiro atoms. The second-order valence-electron chi connectivity index (χ2n) is 21.7. The van der Waals surface area contributed by atoms with Gasteiger partial charge in [0.15, 0.2) is 0 Å². The van der Waals surface area contributed by atoms with Crippen LogP contribution in [0.1, 0.15) is 187 Å². The number of aliphatic hydroxyl groups is 1. The molecular formula is C60H103N5O22S. The van der Waals surface area contributed by atoms with E-state index in [2.05, 4.69) is 26.6 Å². The highest BCUT2D eigenvalue weighted by molar-refractivity contribution is 7.99. The Morgan fingerprint density at radius 2 is 0.864 bits per heavy atom. The number of carboxylic acid groups (broad SMARTS) is 5. The van der Waals surface area contributed by atoms with Crippen molar-refractivity contribution in [2.24, 2.45) is 17.8 Å². The second kappa shape index (κ2) is 55.3. The van der Waals surface area contributed by atoms with Crippen LogP contribution in [0.15, 0.2) is 0 Å². The molecule has 11 N–H and O–H groups in total. The zero-order valence-corrected chi connectivity index (χ0v) is 52.5. The molecule has 0 unspecified atom stereocenters. The third-order valence-corrected chi connectivity index (χ3v) is 15.3.